The van der Waals surface area contributed by atoms with E-state index in [9.17, 15) is 4.79 Å². The molecule has 0 unspecified atom stereocenters. The second kappa shape index (κ2) is 6.99. The average Bonchev–Trinajstić information content (AvgIpc) is 2.47. The fourth-order valence-corrected chi connectivity index (χ4v) is 2.24. The number of nitrogens with one attached hydrogen (secondary N) is 1. The number of anilines is 1. The molecule has 0 aliphatic carbocycles. The number of rotatable bonds is 5. The summed E-state index contributed by atoms with van der Waals surface area (Å²) in [5, 5.41) is 3.53. The Morgan fingerprint density at radius 1 is 1.29 bits per heavy atom. The van der Waals surface area contributed by atoms with Crippen LogP contribution in [0.1, 0.15) is 15.9 Å². The third-order valence-corrected chi connectivity index (χ3v) is 3.35. The van der Waals surface area contributed by atoms with Crippen molar-refractivity contribution in [3.05, 3.63) is 58.6 Å². The number of nitrogen functional groups attached to an aromatic ring is 1. The van der Waals surface area contributed by atoms with E-state index in [2.05, 4.69) is 5.32 Å². The average molecular weight is 305 g/mol. The minimum absolute atomic E-state index is 0.214. The summed E-state index contributed by atoms with van der Waals surface area (Å²) in [5.41, 5.74) is 7.73. The first-order chi connectivity index (χ1) is 10.1. The predicted octanol–water partition coefficient (Wildman–Crippen LogP) is 2.90. The Kier molecular flexibility index (Phi) is 5.06. The molecule has 21 heavy (non-hydrogen) atoms. The molecule has 0 aromatic heterocycles. The highest BCUT2D eigenvalue weighted by atomic mass is 35.5. The number of halogens is 1. The minimum atomic E-state index is -0.214. The molecule has 2 rings (SSSR count). The van der Waals surface area contributed by atoms with Gasteiger partial charge in [-0.1, -0.05) is 29.8 Å². The number of amides is 1. The van der Waals surface area contributed by atoms with Crippen molar-refractivity contribution in [2.75, 3.05) is 19.4 Å². The summed E-state index contributed by atoms with van der Waals surface area (Å²) in [6.07, 6.45) is 0.705. The second-order valence-electron chi connectivity index (χ2n) is 4.56. The molecule has 0 fully saturated rings. The number of benzene rings is 2. The van der Waals surface area contributed by atoms with Crippen LogP contribution in [0.15, 0.2) is 42.5 Å². The van der Waals surface area contributed by atoms with Gasteiger partial charge in [0.05, 0.1) is 18.4 Å². The van der Waals surface area contributed by atoms with E-state index >= 15 is 0 Å². The molecule has 2 aromatic rings. The first-order valence-electron chi connectivity index (χ1n) is 6.57. The first-order valence-corrected chi connectivity index (χ1v) is 6.94. The van der Waals surface area contributed by atoms with Gasteiger partial charge in [0.25, 0.3) is 5.91 Å². The van der Waals surface area contributed by atoms with Gasteiger partial charge in [-0.05, 0) is 36.2 Å². The monoisotopic (exact) mass is 304 g/mol. The van der Waals surface area contributed by atoms with E-state index in [0.717, 1.165) is 5.56 Å². The van der Waals surface area contributed by atoms with Crippen molar-refractivity contribution >= 4 is 23.2 Å². The van der Waals surface area contributed by atoms with Gasteiger partial charge in [-0.15, -0.1) is 0 Å². The molecular formula is C16H17ClN2O2. The smallest absolute Gasteiger partial charge is 0.253 e. The van der Waals surface area contributed by atoms with Crippen LogP contribution in [0, 0.1) is 0 Å². The number of methoxy groups -OCH3 is 1. The van der Waals surface area contributed by atoms with Gasteiger partial charge in [-0.3, -0.25) is 4.79 Å². The van der Waals surface area contributed by atoms with Gasteiger partial charge in [-0.25, -0.2) is 0 Å². The van der Waals surface area contributed by atoms with Crippen LogP contribution in [-0.2, 0) is 6.42 Å². The van der Waals surface area contributed by atoms with Crippen LogP contribution in [0.2, 0.25) is 5.02 Å². The van der Waals surface area contributed by atoms with Crippen LogP contribution in [0.25, 0.3) is 0 Å². The van der Waals surface area contributed by atoms with Gasteiger partial charge in [-0.2, -0.15) is 0 Å². The summed E-state index contributed by atoms with van der Waals surface area (Å²) in [5.74, 6) is 0.283. The summed E-state index contributed by atoms with van der Waals surface area (Å²) in [6, 6.07) is 12.7. The number of hydrogen-bond acceptors (Lipinski definition) is 3. The van der Waals surface area contributed by atoms with Crippen molar-refractivity contribution in [2.24, 2.45) is 0 Å². The summed E-state index contributed by atoms with van der Waals surface area (Å²) in [4.78, 5) is 12.1. The van der Waals surface area contributed by atoms with E-state index < -0.39 is 0 Å². The lowest BCUT2D eigenvalue weighted by atomic mass is 10.1. The van der Waals surface area contributed by atoms with E-state index in [1.807, 2.05) is 24.3 Å². The molecule has 0 aliphatic rings. The minimum Gasteiger partial charge on any atom is -0.495 e. The molecular weight excluding hydrogens is 288 g/mol. The van der Waals surface area contributed by atoms with Crippen LogP contribution in [0.4, 0.5) is 5.69 Å². The maximum Gasteiger partial charge on any atom is 0.253 e. The summed E-state index contributed by atoms with van der Waals surface area (Å²) in [6.45, 7) is 0.510. The number of hydrogen-bond donors (Lipinski definition) is 2. The lowest BCUT2D eigenvalue weighted by Crippen LogP contribution is -2.26. The van der Waals surface area contributed by atoms with E-state index in [-0.39, 0.29) is 5.91 Å². The lowest BCUT2D eigenvalue weighted by Gasteiger charge is -2.10. The molecule has 0 spiro atoms. The number of carbonyl (C=O) groups is 1. The second-order valence-corrected chi connectivity index (χ2v) is 4.99. The predicted molar refractivity (Wildman–Crippen MR) is 84.9 cm³/mol. The molecule has 0 heterocycles. The molecule has 0 atom stereocenters. The molecule has 0 aliphatic heterocycles. The quantitative estimate of drug-likeness (QED) is 0.835. The molecule has 5 heteroatoms. The highest BCUT2D eigenvalue weighted by molar-refractivity contribution is 6.30. The number of nitrogens with two attached hydrogens (primary N) is 1. The maximum absolute atomic E-state index is 12.1. The maximum atomic E-state index is 12.1. The van der Waals surface area contributed by atoms with Gasteiger partial charge in [0.15, 0.2) is 0 Å². The highest BCUT2D eigenvalue weighted by Crippen LogP contribution is 2.24. The van der Waals surface area contributed by atoms with Crippen molar-refractivity contribution in [1.82, 2.24) is 5.32 Å². The van der Waals surface area contributed by atoms with Crippen LogP contribution in [-0.4, -0.2) is 19.6 Å². The Morgan fingerprint density at radius 3 is 2.76 bits per heavy atom. The zero-order chi connectivity index (χ0) is 15.2. The van der Waals surface area contributed by atoms with Gasteiger partial charge < -0.3 is 15.8 Å². The fourth-order valence-electron chi connectivity index (χ4n) is 2.03. The van der Waals surface area contributed by atoms with Crippen LogP contribution in [0.3, 0.4) is 0 Å². The van der Waals surface area contributed by atoms with Crippen molar-refractivity contribution in [2.45, 2.75) is 6.42 Å². The fraction of sp³-hybridized carbons (Fsp3) is 0.188. The van der Waals surface area contributed by atoms with E-state index in [4.69, 9.17) is 22.1 Å². The Balaban J connectivity index is 1.96. The zero-order valence-corrected chi connectivity index (χ0v) is 12.5. The van der Waals surface area contributed by atoms with Gasteiger partial charge in [0, 0.05) is 11.6 Å². The Hall–Kier alpha value is -2.20. The van der Waals surface area contributed by atoms with Crippen LogP contribution >= 0.6 is 11.6 Å². The van der Waals surface area contributed by atoms with Gasteiger partial charge >= 0.3 is 0 Å². The molecule has 2 aromatic carbocycles. The van der Waals surface area contributed by atoms with Crippen LogP contribution < -0.4 is 15.8 Å². The molecule has 110 valence electrons. The normalized spacial score (nSPS) is 10.2. The highest BCUT2D eigenvalue weighted by Gasteiger charge is 2.12. The molecule has 4 nitrogen and oxygen atoms in total. The number of carbonyl (C=O) groups excluding carboxylic acids is 1. The topological polar surface area (TPSA) is 64.3 Å². The summed E-state index contributed by atoms with van der Waals surface area (Å²) in [7, 11) is 1.52. The zero-order valence-electron chi connectivity index (χ0n) is 11.7. The van der Waals surface area contributed by atoms with Crippen molar-refractivity contribution in [3.8, 4) is 5.75 Å². The lowest BCUT2D eigenvalue weighted by molar-refractivity contribution is 0.0955. The molecule has 3 N–H and O–H groups in total. The largest absolute Gasteiger partial charge is 0.495 e. The summed E-state index contributed by atoms with van der Waals surface area (Å²) >= 11 is 5.92. The third-order valence-electron chi connectivity index (χ3n) is 3.12. The van der Waals surface area contributed by atoms with Crippen molar-refractivity contribution in [3.63, 3.8) is 0 Å². The van der Waals surface area contributed by atoms with Crippen molar-refractivity contribution in [1.29, 1.82) is 0 Å². The van der Waals surface area contributed by atoms with E-state index in [1.54, 1.807) is 18.2 Å². The molecule has 1 amide bonds. The van der Waals surface area contributed by atoms with Gasteiger partial charge in [0.1, 0.15) is 5.75 Å². The molecule has 0 saturated heterocycles. The van der Waals surface area contributed by atoms with E-state index in [0.29, 0.717) is 35.0 Å². The molecule has 0 saturated carbocycles. The third kappa shape index (κ3) is 3.89. The Bertz CT molecular complexity index is 644. The van der Waals surface area contributed by atoms with Crippen LogP contribution in [0.5, 0.6) is 5.75 Å². The molecule has 0 bridgehead atoms. The summed E-state index contributed by atoms with van der Waals surface area (Å²) < 4.78 is 5.10. The first kappa shape index (κ1) is 15.2. The number of para-hydroxylation sites is 1. The van der Waals surface area contributed by atoms with Gasteiger partial charge in [0.2, 0.25) is 0 Å². The Labute approximate surface area is 128 Å². The standard InChI is InChI=1S/C16H17ClN2O2/c1-21-14-7-3-6-13(15(14)18)16(20)19-9-8-11-4-2-5-12(17)10-11/h2-7,10H,8-9,18H2,1H3,(H,19,20). The Morgan fingerprint density at radius 2 is 2.05 bits per heavy atom. The van der Waals surface area contributed by atoms with Crippen molar-refractivity contribution < 1.29 is 9.53 Å². The molecule has 0 radical (unpaired) electrons. The SMILES string of the molecule is COc1cccc(C(=O)NCCc2cccc(Cl)c2)c1N. The van der Waals surface area contributed by atoms with E-state index in [1.165, 1.54) is 7.11 Å². The number of ether oxygens (including phenoxy) is 1.